The minimum absolute atomic E-state index is 0.00957. The zero-order chi connectivity index (χ0) is 16.9. The summed E-state index contributed by atoms with van der Waals surface area (Å²) in [6.07, 6.45) is 6.45. The molecule has 3 aliphatic rings. The predicted octanol–water partition coefficient (Wildman–Crippen LogP) is 2.32. The smallest absolute Gasteiger partial charge is 0.307 e. The van der Waals surface area contributed by atoms with Gasteiger partial charge in [-0.05, 0) is 37.2 Å². The number of ether oxygens (including phenoxy) is 1. The van der Waals surface area contributed by atoms with E-state index in [-0.39, 0.29) is 17.7 Å². The minimum Gasteiger partial charge on any atom is -0.496 e. The first-order chi connectivity index (χ1) is 11.6. The van der Waals surface area contributed by atoms with Crippen LogP contribution in [0.25, 0.3) is 0 Å². The van der Waals surface area contributed by atoms with Crippen LogP contribution in [-0.2, 0) is 15.1 Å². The van der Waals surface area contributed by atoms with Crippen LogP contribution in [0.4, 0.5) is 0 Å². The molecule has 24 heavy (non-hydrogen) atoms. The lowest BCUT2D eigenvalue weighted by molar-refractivity contribution is -0.148. The SMILES string of the molecule is COc1ccccc1C1(NC(=O)C2C3C=CC(C3)C2C(=O)O)CC1. The van der Waals surface area contributed by atoms with E-state index in [4.69, 9.17) is 4.74 Å². The Bertz CT molecular complexity index is 722. The summed E-state index contributed by atoms with van der Waals surface area (Å²) in [7, 11) is 1.62. The molecular formula is C19H21NO4. The zero-order valence-electron chi connectivity index (χ0n) is 13.6. The number of allylic oxidation sites excluding steroid dienone is 2. The predicted molar refractivity (Wildman–Crippen MR) is 87.4 cm³/mol. The van der Waals surface area contributed by atoms with Crippen LogP contribution in [-0.4, -0.2) is 24.1 Å². The first-order valence-corrected chi connectivity index (χ1v) is 8.42. The summed E-state index contributed by atoms with van der Waals surface area (Å²) in [5, 5.41) is 12.7. The van der Waals surface area contributed by atoms with Crippen LogP contribution >= 0.6 is 0 Å². The number of hydrogen-bond donors (Lipinski definition) is 2. The van der Waals surface area contributed by atoms with Gasteiger partial charge in [-0.2, -0.15) is 0 Å². The average Bonchev–Trinajstić information content (AvgIpc) is 3.06. The topological polar surface area (TPSA) is 75.6 Å². The lowest BCUT2D eigenvalue weighted by Gasteiger charge is -2.27. The molecule has 3 aliphatic carbocycles. The van der Waals surface area contributed by atoms with Gasteiger partial charge in [0.05, 0.1) is 24.5 Å². The van der Waals surface area contributed by atoms with E-state index in [0.29, 0.717) is 0 Å². The normalized spacial score (nSPS) is 31.7. The number of nitrogens with one attached hydrogen (secondary N) is 1. The van der Waals surface area contributed by atoms with Gasteiger partial charge in [-0.15, -0.1) is 0 Å². The second kappa shape index (κ2) is 5.36. The first kappa shape index (κ1) is 15.2. The van der Waals surface area contributed by atoms with Crippen molar-refractivity contribution >= 4 is 11.9 Å². The molecular weight excluding hydrogens is 306 g/mol. The number of amides is 1. The Morgan fingerprint density at radius 3 is 2.46 bits per heavy atom. The van der Waals surface area contributed by atoms with Gasteiger partial charge in [0.1, 0.15) is 5.75 Å². The number of carbonyl (C=O) groups is 2. The number of para-hydroxylation sites is 1. The Balaban J connectivity index is 1.58. The molecule has 0 heterocycles. The van der Waals surface area contributed by atoms with Crippen LogP contribution in [0.5, 0.6) is 5.75 Å². The van der Waals surface area contributed by atoms with Crippen molar-refractivity contribution in [2.24, 2.45) is 23.7 Å². The van der Waals surface area contributed by atoms with Crippen molar-refractivity contribution in [2.45, 2.75) is 24.8 Å². The molecule has 126 valence electrons. The second-order valence-corrected chi connectivity index (χ2v) is 7.11. The molecule has 1 aromatic rings. The van der Waals surface area contributed by atoms with Gasteiger partial charge >= 0.3 is 5.97 Å². The van der Waals surface area contributed by atoms with Crippen LogP contribution in [0, 0.1) is 23.7 Å². The van der Waals surface area contributed by atoms with Gasteiger partial charge in [0.15, 0.2) is 0 Å². The molecule has 2 bridgehead atoms. The fraction of sp³-hybridized carbons (Fsp3) is 0.474. The number of carboxylic acids is 1. The van der Waals surface area contributed by atoms with Gasteiger partial charge in [-0.3, -0.25) is 9.59 Å². The molecule has 0 spiro atoms. The molecule has 4 atom stereocenters. The number of rotatable bonds is 5. The monoisotopic (exact) mass is 327 g/mol. The fourth-order valence-corrected chi connectivity index (χ4v) is 4.46. The summed E-state index contributed by atoms with van der Waals surface area (Å²) in [4.78, 5) is 24.6. The highest BCUT2D eigenvalue weighted by atomic mass is 16.5. The molecule has 2 N–H and O–H groups in total. The van der Waals surface area contributed by atoms with Crippen LogP contribution in [0.15, 0.2) is 36.4 Å². The molecule has 0 radical (unpaired) electrons. The average molecular weight is 327 g/mol. The third-order valence-electron chi connectivity index (χ3n) is 5.78. The van der Waals surface area contributed by atoms with E-state index in [1.165, 1.54) is 0 Å². The van der Waals surface area contributed by atoms with E-state index in [1.54, 1.807) is 7.11 Å². The molecule has 2 saturated carbocycles. The largest absolute Gasteiger partial charge is 0.496 e. The van der Waals surface area contributed by atoms with E-state index in [0.717, 1.165) is 30.6 Å². The Morgan fingerprint density at radius 2 is 1.83 bits per heavy atom. The van der Waals surface area contributed by atoms with Crippen molar-refractivity contribution in [2.75, 3.05) is 7.11 Å². The van der Waals surface area contributed by atoms with Crippen LogP contribution in [0.2, 0.25) is 0 Å². The third-order valence-corrected chi connectivity index (χ3v) is 5.78. The number of carbonyl (C=O) groups excluding carboxylic acids is 1. The number of benzene rings is 1. The van der Waals surface area contributed by atoms with Crippen molar-refractivity contribution in [1.82, 2.24) is 5.32 Å². The number of hydrogen-bond acceptors (Lipinski definition) is 3. The maximum atomic E-state index is 12.9. The first-order valence-electron chi connectivity index (χ1n) is 8.42. The quantitative estimate of drug-likeness (QED) is 0.814. The van der Waals surface area contributed by atoms with Gasteiger partial charge in [0.25, 0.3) is 0 Å². The highest BCUT2D eigenvalue weighted by Gasteiger charge is 2.55. The summed E-state index contributed by atoms with van der Waals surface area (Å²) in [6.45, 7) is 0. The molecule has 0 saturated heterocycles. The molecule has 5 heteroatoms. The van der Waals surface area contributed by atoms with E-state index in [2.05, 4.69) is 5.32 Å². The summed E-state index contributed by atoms with van der Waals surface area (Å²) in [6, 6.07) is 7.70. The van der Waals surface area contributed by atoms with Crippen LogP contribution in [0.3, 0.4) is 0 Å². The highest BCUT2D eigenvalue weighted by molar-refractivity contribution is 5.87. The maximum Gasteiger partial charge on any atom is 0.307 e. The molecule has 5 nitrogen and oxygen atoms in total. The molecule has 1 amide bonds. The van der Waals surface area contributed by atoms with Crippen molar-refractivity contribution < 1.29 is 19.4 Å². The standard InChI is InChI=1S/C19H21NO4/c1-24-14-5-3-2-4-13(14)19(8-9-19)20-17(21)15-11-6-7-12(10-11)16(15)18(22)23/h2-7,11-12,15-16H,8-10H2,1H3,(H,20,21)(H,22,23). The minimum atomic E-state index is -0.867. The molecule has 4 unspecified atom stereocenters. The molecule has 0 aromatic heterocycles. The van der Waals surface area contributed by atoms with Gasteiger partial charge in [-0.1, -0.05) is 30.4 Å². The zero-order valence-corrected chi connectivity index (χ0v) is 13.6. The third kappa shape index (κ3) is 2.22. The molecule has 1 aromatic carbocycles. The Labute approximate surface area is 140 Å². The van der Waals surface area contributed by atoms with Gasteiger partial charge < -0.3 is 15.2 Å². The lowest BCUT2D eigenvalue weighted by atomic mass is 9.82. The molecule has 0 aliphatic heterocycles. The Morgan fingerprint density at radius 1 is 1.17 bits per heavy atom. The van der Waals surface area contributed by atoms with Crippen molar-refractivity contribution in [3.8, 4) is 5.75 Å². The Hall–Kier alpha value is -2.30. The van der Waals surface area contributed by atoms with E-state index in [9.17, 15) is 14.7 Å². The van der Waals surface area contributed by atoms with Crippen LogP contribution in [0.1, 0.15) is 24.8 Å². The van der Waals surface area contributed by atoms with Gasteiger partial charge in [0, 0.05) is 5.56 Å². The molecule has 4 rings (SSSR count). The number of fused-ring (bicyclic) bond motifs is 2. The van der Waals surface area contributed by atoms with E-state index < -0.39 is 23.3 Å². The van der Waals surface area contributed by atoms with E-state index >= 15 is 0 Å². The summed E-state index contributed by atoms with van der Waals surface area (Å²) < 4.78 is 5.43. The molecule has 2 fully saturated rings. The number of methoxy groups -OCH3 is 1. The maximum absolute atomic E-state index is 12.9. The van der Waals surface area contributed by atoms with Crippen molar-refractivity contribution in [1.29, 1.82) is 0 Å². The number of aliphatic carboxylic acids is 1. The second-order valence-electron chi connectivity index (χ2n) is 7.11. The van der Waals surface area contributed by atoms with Gasteiger partial charge in [0.2, 0.25) is 5.91 Å². The highest BCUT2D eigenvalue weighted by Crippen LogP contribution is 2.52. The lowest BCUT2D eigenvalue weighted by Crippen LogP contribution is -2.44. The summed E-state index contributed by atoms with van der Waals surface area (Å²) in [5.74, 6) is -1.28. The fourth-order valence-electron chi connectivity index (χ4n) is 4.46. The van der Waals surface area contributed by atoms with Gasteiger partial charge in [-0.25, -0.2) is 0 Å². The van der Waals surface area contributed by atoms with Crippen LogP contribution < -0.4 is 10.1 Å². The van der Waals surface area contributed by atoms with E-state index in [1.807, 2.05) is 36.4 Å². The van der Waals surface area contributed by atoms with Crippen molar-refractivity contribution in [3.05, 3.63) is 42.0 Å². The van der Waals surface area contributed by atoms with Crippen molar-refractivity contribution in [3.63, 3.8) is 0 Å². The number of carboxylic acid groups (broad SMARTS) is 1. The Kier molecular flexibility index (Phi) is 3.41. The summed E-state index contributed by atoms with van der Waals surface area (Å²) in [5.41, 5.74) is 0.574. The summed E-state index contributed by atoms with van der Waals surface area (Å²) >= 11 is 0.